The third kappa shape index (κ3) is 4.21. The summed E-state index contributed by atoms with van der Waals surface area (Å²) in [5, 5.41) is 18.3. The normalized spacial score (nSPS) is 11.1. The van der Waals surface area contributed by atoms with E-state index >= 15 is 0 Å². The summed E-state index contributed by atoms with van der Waals surface area (Å²) in [6.07, 6.45) is 0. The van der Waals surface area contributed by atoms with Gasteiger partial charge in [-0.25, -0.2) is 9.31 Å². The second-order valence-corrected chi connectivity index (χ2v) is 7.79. The van der Waals surface area contributed by atoms with E-state index < -0.39 is 5.97 Å². The van der Waals surface area contributed by atoms with Crippen LogP contribution in [0.3, 0.4) is 0 Å². The van der Waals surface area contributed by atoms with E-state index in [0.29, 0.717) is 13.2 Å². The number of para-hydroxylation sites is 1. The summed E-state index contributed by atoms with van der Waals surface area (Å²) < 4.78 is 9.66. The van der Waals surface area contributed by atoms with Crippen molar-refractivity contribution in [2.24, 2.45) is 0 Å². The Morgan fingerprint density at radius 1 is 0.939 bits per heavy atom. The van der Waals surface area contributed by atoms with Crippen LogP contribution in [0, 0.1) is 6.92 Å². The number of nitrogens with zero attached hydrogens (tertiary/aromatic N) is 4. The second-order valence-electron chi connectivity index (χ2n) is 7.79. The highest BCUT2D eigenvalue weighted by Gasteiger charge is 2.15. The molecule has 0 amide bonds. The maximum atomic E-state index is 11.3. The summed E-state index contributed by atoms with van der Waals surface area (Å²) in [5.74, 6) is -0.274. The first kappa shape index (κ1) is 20.5. The van der Waals surface area contributed by atoms with Crippen molar-refractivity contribution in [2.75, 3.05) is 0 Å². The van der Waals surface area contributed by atoms with Gasteiger partial charge in [-0.3, -0.25) is 4.68 Å². The van der Waals surface area contributed by atoms with Crippen molar-refractivity contribution in [3.05, 3.63) is 108 Å². The van der Waals surface area contributed by atoms with Gasteiger partial charge in [0.05, 0.1) is 23.4 Å². The van der Waals surface area contributed by atoms with Gasteiger partial charge in [0.2, 0.25) is 0 Å². The zero-order valence-electron chi connectivity index (χ0n) is 18.0. The van der Waals surface area contributed by atoms with Gasteiger partial charge in [0, 0.05) is 11.3 Å². The first-order valence-corrected chi connectivity index (χ1v) is 10.6. The Morgan fingerprint density at radius 2 is 1.73 bits per heavy atom. The SMILES string of the molecule is Cc1cc(C(=O)O)nn1Cc1cccc2cc(-c3ccccc3OCc3ccccc3)nn12. The first-order valence-electron chi connectivity index (χ1n) is 10.6. The zero-order valence-corrected chi connectivity index (χ0v) is 18.0. The van der Waals surface area contributed by atoms with Gasteiger partial charge in [0.15, 0.2) is 5.69 Å². The van der Waals surface area contributed by atoms with Gasteiger partial charge in [-0.05, 0) is 48.9 Å². The van der Waals surface area contributed by atoms with E-state index in [4.69, 9.17) is 9.84 Å². The minimum atomic E-state index is -1.04. The smallest absolute Gasteiger partial charge is 0.356 e. The lowest BCUT2D eigenvalue weighted by atomic mass is 10.1. The number of fused-ring (bicyclic) bond motifs is 1. The lowest BCUT2D eigenvalue weighted by Crippen LogP contribution is -2.09. The van der Waals surface area contributed by atoms with Crippen LogP contribution in [0.5, 0.6) is 5.75 Å². The Hall–Kier alpha value is -4.39. The van der Waals surface area contributed by atoms with Gasteiger partial charge in [-0.15, -0.1) is 0 Å². The first-order chi connectivity index (χ1) is 16.1. The van der Waals surface area contributed by atoms with E-state index in [1.54, 1.807) is 10.7 Å². The molecule has 0 unspecified atom stereocenters. The van der Waals surface area contributed by atoms with Crippen molar-refractivity contribution < 1.29 is 14.6 Å². The molecule has 0 spiro atoms. The van der Waals surface area contributed by atoms with Gasteiger partial charge >= 0.3 is 5.97 Å². The van der Waals surface area contributed by atoms with Crippen molar-refractivity contribution in [3.8, 4) is 17.0 Å². The van der Waals surface area contributed by atoms with Crippen LogP contribution in [0.25, 0.3) is 16.8 Å². The maximum Gasteiger partial charge on any atom is 0.356 e. The number of carboxylic acid groups (broad SMARTS) is 1. The number of benzene rings is 2. The Balaban J connectivity index is 1.47. The molecule has 0 aliphatic carbocycles. The van der Waals surface area contributed by atoms with E-state index in [2.05, 4.69) is 5.10 Å². The number of aryl methyl sites for hydroxylation is 1. The minimum absolute atomic E-state index is 0.0327. The quantitative estimate of drug-likeness (QED) is 0.394. The van der Waals surface area contributed by atoms with Crippen LogP contribution in [0.1, 0.15) is 27.4 Å². The number of rotatable bonds is 7. The number of carbonyl (C=O) groups is 1. The fourth-order valence-electron chi connectivity index (χ4n) is 3.79. The number of hydrogen-bond donors (Lipinski definition) is 1. The van der Waals surface area contributed by atoms with Crippen LogP contribution in [-0.4, -0.2) is 30.5 Å². The third-order valence-electron chi connectivity index (χ3n) is 5.48. The molecule has 1 N–H and O–H groups in total. The van der Waals surface area contributed by atoms with Crippen LogP contribution in [0.15, 0.2) is 84.9 Å². The molecule has 3 heterocycles. The number of hydrogen-bond acceptors (Lipinski definition) is 4. The van der Waals surface area contributed by atoms with Crippen molar-refractivity contribution in [1.82, 2.24) is 19.4 Å². The van der Waals surface area contributed by atoms with E-state index in [1.807, 2.05) is 90.3 Å². The van der Waals surface area contributed by atoms with Crippen molar-refractivity contribution in [1.29, 1.82) is 0 Å². The molecule has 0 aliphatic heterocycles. The largest absolute Gasteiger partial charge is 0.488 e. The number of aromatic nitrogens is 4. The highest BCUT2D eigenvalue weighted by Crippen LogP contribution is 2.30. The van der Waals surface area contributed by atoms with Crippen molar-refractivity contribution in [2.45, 2.75) is 20.1 Å². The highest BCUT2D eigenvalue weighted by molar-refractivity contribution is 5.85. The summed E-state index contributed by atoms with van der Waals surface area (Å²) in [6, 6.07) is 27.4. The summed E-state index contributed by atoms with van der Waals surface area (Å²) in [4.78, 5) is 11.3. The Kier molecular flexibility index (Phi) is 5.36. The molecule has 5 rings (SSSR count). The minimum Gasteiger partial charge on any atom is -0.488 e. The predicted octanol–water partition coefficient (Wildman–Crippen LogP) is 4.83. The van der Waals surface area contributed by atoms with Crippen LogP contribution in [0.4, 0.5) is 0 Å². The zero-order chi connectivity index (χ0) is 22.8. The number of carboxylic acids is 1. The van der Waals surface area contributed by atoms with E-state index in [9.17, 15) is 9.90 Å². The Bertz CT molecular complexity index is 1440. The van der Waals surface area contributed by atoms with Crippen LogP contribution in [-0.2, 0) is 13.2 Å². The molecule has 2 aromatic carbocycles. The second kappa shape index (κ2) is 8.63. The molecule has 164 valence electrons. The number of aromatic carboxylic acids is 1. The summed E-state index contributed by atoms with van der Waals surface area (Å²) >= 11 is 0. The summed E-state index contributed by atoms with van der Waals surface area (Å²) in [6.45, 7) is 2.72. The Labute approximate surface area is 190 Å². The van der Waals surface area contributed by atoms with E-state index in [0.717, 1.165) is 39.5 Å². The van der Waals surface area contributed by atoms with E-state index in [1.165, 1.54) is 0 Å². The molecule has 0 radical (unpaired) electrons. The summed E-state index contributed by atoms with van der Waals surface area (Å²) in [7, 11) is 0. The van der Waals surface area contributed by atoms with Gasteiger partial charge in [0.1, 0.15) is 12.4 Å². The molecular formula is C26H22N4O3. The Morgan fingerprint density at radius 3 is 2.52 bits per heavy atom. The van der Waals surface area contributed by atoms with Gasteiger partial charge in [-0.1, -0.05) is 48.5 Å². The molecule has 3 aromatic heterocycles. The topological polar surface area (TPSA) is 81.6 Å². The van der Waals surface area contributed by atoms with Gasteiger partial charge in [0.25, 0.3) is 0 Å². The fraction of sp³-hybridized carbons (Fsp3) is 0.115. The van der Waals surface area contributed by atoms with Crippen molar-refractivity contribution in [3.63, 3.8) is 0 Å². The van der Waals surface area contributed by atoms with Crippen LogP contribution in [0.2, 0.25) is 0 Å². The molecule has 33 heavy (non-hydrogen) atoms. The lowest BCUT2D eigenvalue weighted by Gasteiger charge is -2.10. The van der Waals surface area contributed by atoms with Crippen LogP contribution >= 0.6 is 0 Å². The molecule has 7 nitrogen and oxygen atoms in total. The molecule has 0 bridgehead atoms. The fourth-order valence-corrected chi connectivity index (χ4v) is 3.79. The molecule has 0 fully saturated rings. The van der Waals surface area contributed by atoms with Gasteiger partial charge in [-0.2, -0.15) is 10.2 Å². The predicted molar refractivity (Wildman–Crippen MR) is 124 cm³/mol. The highest BCUT2D eigenvalue weighted by atomic mass is 16.5. The monoisotopic (exact) mass is 438 g/mol. The number of ether oxygens (including phenoxy) is 1. The molecule has 7 heteroatoms. The average Bonchev–Trinajstić information content (AvgIpc) is 3.43. The molecule has 0 saturated carbocycles. The van der Waals surface area contributed by atoms with Crippen LogP contribution < -0.4 is 4.74 Å². The molecule has 0 saturated heterocycles. The van der Waals surface area contributed by atoms with Gasteiger partial charge < -0.3 is 9.84 Å². The van der Waals surface area contributed by atoms with E-state index in [-0.39, 0.29) is 5.69 Å². The maximum absolute atomic E-state index is 11.3. The molecule has 0 atom stereocenters. The molecule has 5 aromatic rings. The third-order valence-corrected chi connectivity index (χ3v) is 5.48. The average molecular weight is 438 g/mol. The molecular weight excluding hydrogens is 416 g/mol. The lowest BCUT2D eigenvalue weighted by molar-refractivity contribution is 0.0689. The molecule has 0 aliphatic rings. The number of pyridine rings is 1. The summed E-state index contributed by atoms with van der Waals surface area (Å²) in [5.41, 5.74) is 5.44. The van der Waals surface area contributed by atoms with Crippen molar-refractivity contribution >= 4 is 11.5 Å². The standard InChI is InChI=1S/C26H22N4O3/c1-18-14-24(26(31)32)27-29(18)16-21-11-7-10-20-15-23(28-30(20)21)22-12-5-6-13-25(22)33-17-19-8-3-2-4-9-19/h2-15H,16-17H2,1H3,(H,31,32).